The summed E-state index contributed by atoms with van der Waals surface area (Å²) in [6, 6.07) is 7.28. The maximum absolute atomic E-state index is 11.9. The van der Waals surface area contributed by atoms with Gasteiger partial charge in [0.15, 0.2) is 0 Å². The van der Waals surface area contributed by atoms with E-state index < -0.39 is 0 Å². The van der Waals surface area contributed by atoms with Crippen LogP contribution in [-0.2, 0) is 4.79 Å². The third-order valence-electron chi connectivity index (χ3n) is 3.39. The van der Waals surface area contributed by atoms with Gasteiger partial charge in [-0.1, -0.05) is 38.7 Å². The zero-order valence-electron chi connectivity index (χ0n) is 13.5. The van der Waals surface area contributed by atoms with E-state index in [-0.39, 0.29) is 5.91 Å². The van der Waals surface area contributed by atoms with E-state index in [2.05, 4.69) is 22.2 Å². The summed E-state index contributed by atoms with van der Waals surface area (Å²) in [5, 5.41) is 2.90. The maximum Gasteiger partial charge on any atom is 0.237 e. The van der Waals surface area contributed by atoms with Crippen molar-refractivity contribution in [2.75, 3.05) is 5.32 Å². The molecule has 0 spiro atoms. The summed E-state index contributed by atoms with van der Waals surface area (Å²) in [5.74, 6) is 1.08. The first-order chi connectivity index (χ1) is 11.3. The second-order valence-corrected chi connectivity index (χ2v) is 5.39. The summed E-state index contributed by atoms with van der Waals surface area (Å²) in [7, 11) is 0. The Bertz CT molecular complexity index is 602. The molecule has 0 aliphatic heterocycles. The smallest absolute Gasteiger partial charge is 0.237 e. The lowest BCUT2D eigenvalue weighted by Crippen LogP contribution is -2.11. The normalized spacial score (nSPS) is 10.3. The Morgan fingerprint density at radius 2 is 2.04 bits per heavy atom. The largest absolute Gasteiger partial charge is 0.437 e. The van der Waals surface area contributed by atoms with Gasteiger partial charge in [-0.15, -0.1) is 0 Å². The van der Waals surface area contributed by atoms with Crippen molar-refractivity contribution >= 4 is 11.6 Å². The zero-order valence-corrected chi connectivity index (χ0v) is 13.5. The molecule has 0 aliphatic rings. The molecule has 122 valence electrons. The van der Waals surface area contributed by atoms with Crippen LogP contribution in [0.1, 0.15) is 45.4 Å². The first-order valence-corrected chi connectivity index (χ1v) is 8.11. The van der Waals surface area contributed by atoms with E-state index in [1.165, 1.54) is 19.3 Å². The average molecular weight is 313 g/mol. The monoisotopic (exact) mass is 313 g/mol. The van der Waals surface area contributed by atoms with Crippen LogP contribution in [0.5, 0.6) is 11.6 Å². The van der Waals surface area contributed by atoms with E-state index in [1.54, 1.807) is 24.7 Å². The molecule has 0 unspecified atom stereocenters. The van der Waals surface area contributed by atoms with Crippen LogP contribution in [0.25, 0.3) is 0 Å². The van der Waals surface area contributed by atoms with Gasteiger partial charge in [-0.05, 0) is 18.6 Å². The van der Waals surface area contributed by atoms with Crippen molar-refractivity contribution in [3.63, 3.8) is 0 Å². The Kier molecular flexibility index (Phi) is 7.04. The lowest BCUT2D eigenvalue weighted by atomic mass is 10.1. The molecule has 1 aromatic heterocycles. The topological polar surface area (TPSA) is 64.1 Å². The molecule has 0 fully saturated rings. The number of unbranched alkanes of at least 4 members (excludes halogenated alkanes) is 4. The van der Waals surface area contributed by atoms with E-state index in [0.717, 1.165) is 18.5 Å². The van der Waals surface area contributed by atoms with Crippen LogP contribution in [0.4, 0.5) is 5.69 Å². The third kappa shape index (κ3) is 6.46. The van der Waals surface area contributed by atoms with Crippen molar-refractivity contribution < 1.29 is 9.53 Å². The first kappa shape index (κ1) is 16.9. The predicted molar refractivity (Wildman–Crippen MR) is 90.6 cm³/mol. The molecule has 5 heteroatoms. The Balaban J connectivity index is 1.81. The molecule has 1 aromatic carbocycles. The summed E-state index contributed by atoms with van der Waals surface area (Å²) in [5.41, 5.74) is 0.727. The zero-order chi connectivity index (χ0) is 16.3. The maximum atomic E-state index is 11.9. The van der Waals surface area contributed by atoms with Crippen LogP contribution >= 0.6 is 0 Å². The Morgan fingerprint density at radius 1 is 1.17 bits per heavy atom. The fraction of sp³-hybridized carbons (Fsp3) is 0.389. The van der Waals surface area contributed by atoms with Crippen LogP contribution in [0.2, 0.25) is 0 Å². The number of nitrogens with one attached hydrogen (secondary N) is 1. The number of anilines is 1. The number of nitrogens with zero attached hydrogens (tertiary/aromatic N) is 2. The van der Waals surface area contributed by atoms with Gasteiger partial charge in [0.1, 0.15) is 5.75 Å². The van der Waals surface area contributed by atoms with E-state index >= 15 is 0 Å². The second kappa shape index (κ2) is 9.56. The summed E-state index contributed by atoms with van der Waals surface area (Å²) >= 11 is 0. The Morgan fingerprint density at radius 3 is 2.83 bits per heavy atom. The fourth-order valence-corrected chi connectivity index (χ4v) is 2.21. The highest BCUT2D eigenvalue weighted by atomic mass is 16.5. The molecular weight excluding hydrogens is 290 g/mol. The lowest BCUT2D eigenvalue weighted by molar-refractivity contribution is -0.116. The minimum Gasteiger partial charge on any atom is -0.437 e. The van der Waals surface area contributed by atoms with Crippen molar-refractivity contribution in [3.8, 4) is 11.6 Å². The molecule has 5 nitrogen and oxygen atoms in total. The Labute approximate surface area is 137 Å². The number of benzene rings is 1. The van der Waals surface area contributed by atoms with Gasteiger partial charge < -0.3 is 10.1 Å². The molecule has 2 rings (SSSR count). The van der Waals surface area contributed by atoms with Gasteiger partial charge in [0.25, 0.3) is 0 Å². The van der Waals surface area contributed by atoms with Gasteiger partial charge in [0.2, 0.25) is 11.8 Å². The standard InChI is InChI=1S/C18H23N3O2/c1-2-3-4-5-6-10-17(22)21-15-8-7-9-16(13-15)23-18-14-19-11-12-20-18/h7-9,11-14H,2-6,10H2,1H3,(H,21,22). The number of aromatic nitrogens is 2. The average Bonchev–Trinajstić information content (AvgIpc) is 2.56. The van der Waals surface area contributed by atoms with E-state index in [4.69, 9.17) is 4.74 Å². The number of hydrogen-bond donors (Lipinski definition) is 1. The molecule has 1 amide bonds. The molecule has 2 aromatic rings. The Hall–Kier alpha value is -2.43. The SMILES string of the molecule is CCCCCCCC(=O)Nc1cccc(Oc2cnccn2)c1. The quantitative estimate of drug-likeness (QED) is 0.689. The molecule has 0 saturated heterocycles. The van der Waals surface area contributed by atoms with Gasteiger partial charge in [-0.25, -0.2) is 4.98 Å². The van der Waals surface area contributed by atoms with E-state index in [0.29, 0.717) is 18.1 Å². The number of carbonyl (C=O) groups is 1. The van der Waals surface area contributed by atoms with Crippen molar-refractivity contribution in [2.45, 2.75) is 45.4 Å². The van der Waals surface area contributed by atoms with E-state index in [1.807, 2.05) is 18.2 Å². The van der Waals surface area contributed by atoms with Crippen molar-refractivity contribution in [3.05, 3.63) is 42.9 Å². The number of rotatable bonds is 9. The molecule has 0 saturated carbocycles. The molecule has 0 bridgehead atoms. The number of ether oxygens (including phenoxy) is 1. The van der Waals surface area contributed by atoms with Gasteiger partial charge in [-0.3, -0.25) is 9.78 Å². The summed E-state index contributed by atoms with van der Waals surface area (Å²) in [4.78, 5) is 19.9. The molecule has 0 atom stereocenters. The van der Waals surface area contributed by atoms with Crippen LogP contribution in [0.15, 0.2) is 42.9 Å². The highest BCUT2D eigenvalue weighted by Gasteiger charge is 2.04. The minimum absolute atomic E-state index is 0.0400. The predicted octanol–water partition coefficient (Wildman–Crippen LogP) is 4.57. The molecular formula is C18H23N3O2. The van der Waals surface area contributed by atoms with Crippen LogP contribution < -0.4 is 10.1 Å². The van der Waals surface area contributed by atoms with Gasteiger partial charge in [0.05, 0.1) is 6.20 Å². The van der Waals surface area contributed by atoms with Crippen LogP contribution in [0, 0.1) is 0 Å². The van der Waals surface area contributed by atoms with E-state index in [9.17, 15) is 4.79 Å². The number of carbonyl (C=O) groups excluding carboxylic acids is 1. The van der Waals surface area contributed by atoms with Gasteiger partial charge in [0, 0.05) is 30.6 Å². The highest BCUT2D eigenvalue weighted by Crippen LogP contribution is 2.22. The highest BCUT2D eigenvalue weighted by molar-refractivity contribution is 5.90. The lowest BCUT2D eigenvalue weighted by Gasteiger charge is -2.08. The molecule has 0 radical (unpaired) electrons. The van der Waals surface area contributed by atoms with Gasteiger partial charge in [-0.2, -0.15) is 0 Å². The second-order valence-electron chi connectivity index (χ2n) is 5.39. The van der Waals surface area contributed by atoms with Crippen molar-refractivity contribution in [1.82, 2.24) is 9.97 Å². The van der Waals surface area contributed by atoms with Crippen molar-refractivity contribution in [1.29, 1.82) is 0 Å². The third-order valence-corrected chi connectivity index (χ3v) is 3.39. The molecule has 0 aliphatic carbocycles. The van der Waals surface area contributed by atoms with Crippen LogP contribution in [-0.4, -0.2) is 15.9 Å². The minimum atomic E-state index is 0.0400. The van der Waals surface area contributed by atoms with Crippen LogP contribution in [0.3, 0.4) is 0 Å². The van der Waals surface area contributed by atoms with Gasteiger partial charge >= 0.3 is 0 Å². The molecule has 1 heterocycles. The summed E-state index contributed by atoms with van der Waals surface area (Å²) in [6.07, 6.45) is 10.9. The fourth-order valence-electron chi connectivity index (χ4n) is 2.21. The number of hydrogen-bond acceptors (Lipinski definition) is 4. The number of amides is 1. The molecule has 23 heavy (non-hydrogen) atoms. The summed E-state index contributed by atoms with van der Waals surface area (Å²) in [6.45, 7) is 2.18. The first-order valence-electron chi connectivity index (χ1n) is 8.11. The van der Waals surface area contributed by atoms with Crippen molar-refractivity contribution in [2.24, 2.45) is 0 Å². The molecule has 1 N–H and O–H groups in total. The summed E-state index contributed by atoms with van der Waals surface area (Å²) < 4.78 is 5.60.